The van der Waals surface area contributed by atoms with E-state index in [0.717, 1.165) is 76.6 Å². The van der Waals surface area contributed by atoms with Gasteiger partial charge in [0.25, 0.3) is 0 Å². The zero-order chi connectivity index (χ0) is 20.9. The van der Waals surface area contributed by atoms with Crippen molar-refractivity contribution in [1.82, 2.24) is 25.5 Å². The molecule has 2 aliphatic heterocycles. The first kappa shape index (κ1) is 19.8. The largest absolute Gasteiger partial charge is 0.381 e. The van der Waals surface area contributed by atoms with Crippen LogP contribution in [0.2, 0.25) is 0 Å². The molecule has 1 aromatic heterocycles. The second-order valence-electron chi connectivity index (χ2n) is 10.7. The molecule has 1 aromatic rings. The summed E-state index contributed by atoms with van der Waals surface area (Å²) >= 11 is 0. The van der Waals surface area contributed by atoms with E-state index in [1.54, 1.807) is 0 Å². The number of hydrogen-bond acceptors (Lipinski definition) is 7. The van der Waals surface area contributed by atoms with E-state index in [1.165, 1.54) is 25.7 Å². The average molecular weight is 424 g/mol. The highest BCUT2D eigenvalue weighted by Gasteiger charge is 2.67. The molecule has 3 heterocycles. The number of hydrogen-bond donors (Lipinski definition) is 1. The maximum Gasteiger partial charge on any atom is 0.193 e. The van der Waals surface area contributed by atoms with Crippen molar-refractivity contribution in [1.29, 1.82) is 0 Å². The Morgan fingerprint density at radius 1 is 1.13 bits per heavy atom. The van der Waals surface area contributed by atoms with E-state index in [1.807, 2.05) is 0 Å². The summed E-state index contributed by atoms with van der Waals surface area (Å²) in [6.45, 7) is 3.48. The number of nitrogens with zero attached hydrogens (tertiary/aromatic N) is 6. The van der Waals surface area contributed by atoms with Crippen LogP contribution in [0.5, 0.6) is 0 Å². The Hall–Kier alpha value is -1.85. The number of ether oxygens (including phenoxy) is 1. The summed E-state index contributed by atoms with van der Waals surface area (Å²) in [6, 6.07) is 0. The third-order valence-corrected chi connectivity index (χ3v) is 8.97. The van der Waals surface area contributed by atoms with Crippen LogP contribution < -0.4 is 5.32 Å². The fourth-order valence-electron chi connectivity index (χ4n) is 6.88. The Bertz CT molecular complexity index is 888. The lowest BCUT2D eigenvalue weighted by molar-refractivity contribution is 0.0580. The van der Waals surface area contributed by atoms with Gasteiger partial charge >= 0.3 is 0 Å². The number of nitrogens with one attached hydrogen (secondary N) is 1. The van der Waals surface area contributed by atoms with Crippen LogP contribution in [-0.2, 0) is 16.8 Å². The molecule has 3 saturated carbocycles. The summed E-state index contributed by atoms with van der Waals surface area (Å²) < 4.78 is 7.67. The molecular weight excluding hydrogens is 390 g/mol. The number of terminal acetylenes is 1. The van der Waals surface area contributed by atoms with Crippen molar-refractivity contribution < 1.29 is 4.74 Å². The Kier molecular flexibility index (Phi) is 4.69. The topological polar surface area (TPSA) is 89.6 Å². The Balaban J connectivity index is 1.21. The zero-order valence-corrected chi connectivity index (χ0v) is 18.3. The van der Waals surface area contributed by atoms with E-state index in [0.29, 0.717) is 17.3 Å². The molecule has 4 fully saturated rings. The van der Waals surface area contributed by atoms with Gasteiger partial charge in [-0.1, -0.05) is 0 Å². The number of tetrazole rings is 1. The molecule has 8 heteroatoms. The molecule has 3 aliphatic carbocycles. The SMILES string of the molecule is C#CCCC1(CCNC2(c3nnnn3CC3CCOCC3)CC3CC2CC32CC2)N=N1. The third kappa shape index (κ3) is 3.41. The van der Waals surface area contributed by atoms with Crippen LogP contribution in [0.3, 0.4) is 0 Å². The van der Waals surface area contributed by atoms with Crippen molar-refractivity contribution in [2.24, 2.45) is 33.4 Å². The molecule has 1 saturated heterocycles. The highest BCUT2D eigenvalue weighted by molar-refractivity contribution is 5.23. The van der Waals surface area contributed by atoms with Gasteiger partial charge in [0, 0.05) is 45.6 Å². The Labute approximate surface area is 184 Å². The normalized spacial score (nSPS) is 34.3. The summed E-state index contributed by atoms with van der Waals surface area (Å²) in [4.78, 5) is 0. The molecule has 31 heavy (non-hydrogen) atoms. The molecule has 166 valence electrons. The number of aromatic nitrogens is 4. The van der Waals surface area contributed by atoms with Crippen LogP contribution in [0.15, 0.2) is 10.2 Å². The molecule has 3 atom stereocenters. The quantitative estimate of drug-likeness (QED) is 0.617. The van der Waals surface area contributed by atoms with E-state index >= 15 is 0 Å². The maximum absolute atomic E-state index is 5.55. The average Bonchev–Trinajstić information content (AvgIpc) is 3.59. The predicted molar refractivity (Wildman–Crippen MR) is 114 cm³/mol. The van der Waals surface area contributed by atoms with Gasteiger partial charge < -0.3 is 10.1 Å². The van der Waals surface area contributed by atoms with Crippen molar-refractivity contribution >= 4 is 0 Å². The molecular formula is C23H33N7O. The fraction of sp³-hybridized carbons (Fsp3) is 0.870. The molecule has 1 N–H and O–H groups in total. The first-order valence-corrected chi connectivity index (χ1v) is 12.1. The molecule has 3 unspecified atom stereocenters. The van der Waals surface area contributed by atoms with Gasteiger partial charge in [-0.15, -0.1) is 17.4 Å². The molecule has 0 radical (unpaired) electrons. The predicted octanol–water partition coefficient (Wildman–Crippen LogP) is 3.06. The molecule has 8 nitrogen and oxygen atoms in total. The van der Waals surface area contributed by atoms with E-state index < -0.39 is 0 Å². The smallest absolute Gasteiger partial charge is 0.193 e. The molecule has 1 spiro atoms. The number of fused-ring (bicyclic) bond motifs is 3. The van der Waals surface area contributed by atoms with Crippen LogP contribution in [-0.4, -0.2) is 45.6 Å². The zero-order valence-electron chi connectivity index (χ0n) is 18.3. The molecule has 0 amide bonds. The maximum atomic E-state index is 5.55. The lowest BCUT2D eigenvalue weighted by atomic mass is 9.73. The van der Waals surface area contributed by atoms with Gasteiger partial charge in [0.05, 0.1) is 5.54 Å². The van der Waals surface area contributed by atoms with Crippen molar-refractivity contribution in [2.45, 2.75) is 82.0 Å². The summed E-state index contributed by atoms with van der Waals surface area (Å²) in [5, 5.41) is 25.9. The van der Waals surface area contributed by atoms with Gasteiger partial charge in [0.1, 0.15) is 0 Å². The van der Waals surface area contributed by atoms with E-state index in [2.05, 4.69) is 41.7 Å². The minimum atomic E-state index is -0.246. The first-order chi connectivity index (χ1) is 15.2. The summed E-state index contributed by atoms with van der Waals surface area (Å²) in [7, 11) is 0. The van der Waals surface area contributed by atoms with Gasteiger partial charge in [-0.2, -0.15) is 10.2 Å². The monoisotopic (exact) mass is 423 g/mol. The lowest BCUT2D eigenvalue weighted by Crippen LogP contribution is -2.51. The summed E-state index contributed by atoms with van der Waals surface area (Å²) in [5.74, 6) is 5.81. The highest BCUT2D eigenvalue weighted by Crippen LogP contribution is 2.72. The van der Waals surface area contributed by atoms with Crippen LogP contribution in [0.4, 0.5) is 0 Å². The van der Waals surface area contributed by atoms with Gasteiger partial charge in [0.2, 0.25) is 0 Å². The molecule has 5 aliphatic rings. The van der Waals surface area contributed by atoms with Crippen molar-refractivity contribution in [3.05, 3.63) is 5.82 Å². The Morgan fingerprint density at radius 2 is 1.97 bits per heavy atom. The molecule has 6 rings (SSSR count). The standard InChI is InChI=1S/C23H33N7O/c1-2-3-6-22(26-27-22)9-10-24-23(15-18-13-19(23)14-21(18)7-8-21)20-25-28-29-30(20)16-17-4-11-31-12-5-17/h1,17-19,24H,3-16H2. The van der Waals surface area contributed by atoms with E-state index in [4.69, 9.17) is 11.2 Å². The number of rotatable bonds is 9. The van der Waals surface area contributed by atoms with E-state index in [-0.39, 0.29) is 11.2 Å². The van der Waals surface area contributed by atoms with Crippen LogP contribution in [0, 0.1) is 35.5 Å². The van der Waals surface area contributed by atoms with Gasteiger partial charge in [-0.05, 0) is 78.5 Å². The van der Waals surface area contributed by atoms with Crippen LogP contribution >= 0.6 is 0 Å². The van der Waals surface area contributed by atoms with Gasteiger partial charge in [-0.3, -0.25) is 0 Å². The van der Waals surface area contributed by atoms with Crippen LogP contribution in [0.25, 0.3) is 0 Å². The van der Waals surface area contributed by atoms with Crippen LogP contribution in [0.1, 0.15) is 70.0 Å². The second-order valence-corrected chi connectivity index (χ2v) is 10.7. The van der Waals surface area contributed by atoms with Crippen molar-refractivity contribution in [3.63, 3.8) is 0 Å². The summed E-state index contributed by atoms with van der Waals surface area (Å²) in [5.41, 5.74) is 0.281. The summed E-state index contributed by atoms with van der Waals surface area (Å²) in [6.07, 6.45) is 16.8. The fourth-order valence-corrected chi connectivity index (χ4v) is 6.88. The van der Waals surface area contributed by atoms with Gasteiger partial charge in [0.15, 0.2) is 11.5 Å². The van der Waals surface area contributed by atoms with Gasteiger partial charge in [-0.25, -0.2) is 4.68 Å². The van der Waals surface area contributed by atoms with Crippen molar-refractivity contribution in [2.75, 3.05) is 19.8 Å². The Morgan fingerprint density at radius 3 is 2.65 bits per heavy atom. The minimum absolute atomic E-state index is 0.116. The van der Waals surface area contributed by atoms with E-state index in [9.17, 15) is 0 Å². The lowest BCUT2D eigenvalue weighted by Gasteiger charge is -2.40. The first-order valence-electron chi connectivity index (χ1n) is 12.1. The second kappa shape index (κ2) is 7.35. The highest BCUT2D eigenvalue weighted by atomic mass is 16.5. The molecule has 2 bridgehead atoms. The molecule has 0 aromatic carbocycles. The third-order valence-electron chi connectivity index (χ3n) is 8.97. The van der Waals surface area contributed by atoms with Crippen molar-refractivity contribution in [3.8, 4) is 12.3 Å². The minimum Gasteiger partial charge on any atom is -0.381 e.